The molecule has 0 aliphatic heterocycles. The van der Waals surface area contributed by atoms with Crippen molar-refractivity contribution in [1.82, 2.24) is 4.98 Å². The summed E-state index contributed by atoms with van der Waals surface area (Å²) in [4.78, 5) is 36.3. The standard InChI is InChI=1S/C9H8N2O3/c1-6(12)8(11-14)9(13)7-2-4-10-5-3-7/h2-5,8H,1H3. The minimum atomic E-state index is -1.43. The molecule has 0 bridgehead atoms. The molecule has 0 aliphatic rings. The van der Waals surface area contributed by atoms with Crippen LogP contribution >= 0.6 is 0 Å². The van der Waals surface area contributed by atoms with Crippen molar-refractivity contribution < 1.29 is 9.59 Å². The van der Waals surface area contributed by atoms with Crippen LogP contribution in [0.15, 0.2) is 29.7 Å². The summed E-state index contributed by atoms with van der Waals surface area (Å²) in [6.07, 6.45) is 2.82. The zero-order valence-electron chi connectivity index (χ0n) is 7.51. The van der Waals surface area contributed by atoms with E-state index in [2.05, 4.69) is 10.2 Å². The van der Waals surface area contributed by atoms with Crippen molar-refractivity contribution >= 4 is 11.6 Å². The zero-order valence-corrected chi connectivity index (χ0v) is 7.51. The van der Waals surface area contributed by atoms with Crippen molar-refractivity contribution in [3.05, 3.63) is 35.0 Å². The Labute approximate surface area is 80.1 Å². The predicted molar refractivity (Wildman–Crippen MR) is 48.8 cm³/mol. The summed E-state index contributed by atoms with van der Waals surface area (Å²) in [6, 6.07) is 1.43. The Bertz CT molecular complexity index is 362. The van der Waals surface area contributed by atoms with Gasteiger partial charge < -0.3 is 0 Å². The van der Waals surface area contributed by atoms with E-state index in [1.807, 2.05) is 0 Å². The maximum Gasteiger partial charge on any atom is 0.212 e. The lowest BCUT2D eigenvalue weighted by molar-refractivity contribution is -0.117. The molecule has 14 heavy (non-hydrogen) atoms. The van der Waals surface area contributed by atoms with Gasteiger partial charge in [0.2, 0.25) is 6.04 Å². The number of nitroso groups, excluding NO2 is 1. The van der Waals surface area contributed by atoms with E-state index in [0.29, 0.717) is 0 Å². The van der Waals surface area contributed by atoms with Crippen LogP contribution in [0.25, 0.3) is 0 Å². The fourth-order valence-corrected chi connectivity index (χ4v) is 0.981. The molecule has 72 valence electrons. The van der Waals surface area contributed by atoms with Gasteiger partial charge in [0.25, 0.3) is 0 Å². The zero-order chi connectivity index (χ0) is 10.6. The molecule has 1 aromatic heterocycles. The lowest BCUT2D eigenvalue weighted by Crippen LogP contribution is -2.25. The average Bonchev–Trinajstić information content (AvgIpc) is 2.19. The van der Waals surface area contributed by atoms with Crippen LogP contribution in [0.4, 0.5) is 0 Å². The molecule has 0 saturated carbocycles. The van der Waals surface area contributed by atoms with Gasteiger partial charge >= 0.3 is 0 Å². The smallest absolute Gasteiger partial charge is 0.212 e. The number of carbonyl (C=O) groups excluding carboxylic acids is 2. The summed E-state index contributed by atoms with van der Waals surface area (Å²) in [7, 11) is 0. The van der Waals surface area contributed by atoms with Crippen molar-refractivity contribution in [2.24, 2.45) is 5.18 Å². The fraction of sp³-hybridized carbons (Fsp3) is 0.222. The number of rotatable bonds is 4. The molecule has 5 nitrogen and oxygen atoms in total. The molecular formula is C9H8N2O3. The number of hydrogen-bond acceptors (Lipinski definition) is 5. The van der Waals surface area contributed by atoms with Crippen molar-refractivity contribution in [3.8, 4) is 0 Å². The van der Waals surface area contributed by atoms with E-state index in [1.165, 1.54) is 24.5 Å². The van der Waals surface area contributed by atoms with Gasteiger partial charge in [-0.05, 0) is 19.1 Å². The molecule has 0 fully saturated rings. The monoisotopic (exact) mass is 192 g/mol. The second-order valence-corrected chi connectivity index (χ2v) is 2.72. The highest BCUT2D eigenvalue weighted by Gasteiger charge is 2.25. The van der Waals surface area contributed by atoms with E-state index in [-0.39, 0.29) is 5.56 Å². The second kappa shape index (κ2) is 4.36. The molecule has 0 radical (unpaired) electrons. The van der Waals surface area contributed by atoms with Gasteiger partial charge in [0.1, 0.15) is 0 Å². The number of hydrogen-bond donors (Lipinski definition) is 0. The van der Waals surface area contributed by atoms with E-state index < -0.39 is 17.6 Å². The molecule has 1 atom stereocenters. The maximum atomic E-state index is 11.5. The van der Waals surface area contributed by atoms with Gasteiger partial charge in [-0.25, -0.2) is 0 Å². The third kappa shape index (κ3) is 2.07. The third-order valence-electron chi connectivity index (χ3n) is 1.70. The van der Waals surface area contributed by atoms with E-state index in [1.54, 1.807) is 0 Å². The van der Waals surface area contributed by atoms with Gasteiger partial charge in [0, 0.05) is 18.0 Å². The van der Waals surface area contributed by atoms with Crippen LogP contribution in [0.1, 0.15) is 17.3 Å². The van der Waals surface area contributed by atoms with E-state index in [9.17, 15) is 14.5 Å². The van der Waals surface area contributed by atoms with Gasteiger partial charge in [0.05, 0.1) is 0 Å². The minimum absolute atomic E-state index is 0.264. The number of aromatic nitrogens is 1. The highest BCUT2D eigenvalue weighted by atomic mass is 16.3. The van der Waals surface area contributed by atoms with Crippen molar-refractivity contribution in [1.29, 1.82) is 0 Å². The van der Waals surface area contributed by atoms with Crippen molar-refractivity contribution in [2.75, 3.05) is 0 Å². The predicted octanol–water partition coefficient (Wildman–Crippen LogP) is 0.988. The van der Waals surface area contributed by atoms with Crippen molar-refractivity contribution in [2.45, 2.75) is 13.0 Å². The Morgan fingerprint density at radius 1 is 1.36 bits per heavy atom. The highest BCUT2D eigenvalue weighted by Crippen LogP contribution is 2.05. The summed E-state index contributed by atoms with van der Waals surface area (Å²) in [5.41, 5.74) is 0.264. The lowest BCUT2D eigenvalue weighted by atomic mass is 10.0. The molecule has 0 spiro atoms. The van der Waals surface area contributed by atoms with Crippen LogP contribution in [0.2, 0.25) is 0 Å². The summed E-state index contributed by atoms with van der Waals surface area (Å²) in [6.45, 7) is 1.16. The van der Waals surface area contributed by atoms with Gasteiger partial charge in [-0.2, -0.15) is 0 Å². The van der Waals surface area contributed by atoms with E-state index in [4.69, 9.17) is 0 Å². The largest absolute Gasteiger partial charge is 0.297 e. The number of nitrogens with zero attached hydrogens (tertiary/aromatic N) is 2. The van der Waals surface area contributed by atoms with Crippen LogP contribution in [0, 0.1) is 4.91 Å². The number of ketones is 2. The van der Waals surface area contributed by atoms with Gasteiger partial charge in [-0.15, -0.1) is 4.91 Å². The second-order valence-electron chi connectivity index (χ2n) is 2.72. The Morgan fingerprint density at radius 3 is 2.36 bits per heavy atom. The maximum absolute atomic E-state index is 11.5. The first kappa shape index (κ1) is 10.2. The first-order valence-electron chi connectivity index (χ1n) is 3.94. The van der Waals surface area contributed by atoms with Crippen LogP contribution in [0.3, 0.4) is 0 Å². The average molecular weight is 192 g/mol. The fourth-order valence-electron chi connectivity index (χ4n) is 0.981. The summed E-state index contributed by atoms with van der Waals surface area (Å²) < 4.78 is 0. The third-order valence-corrected chi connectivity index (χ3v) is 1.70. The number of carbonyl (C=O) groups is 2. The number of pyridine rings is 1. The molecule has 1 heterocycles. The molecule has 1 aromatic rings. The van der Waals surface area contributed by atoms with Gasteiger partial charge in [0.15, 0.2) is 11.6 Å². The molecule has 0 amide bonds. The normalized spacial score (nSPS) is 11.8. The van der Waals surface area contributed by atoms with E-state index in [0.717, 1.165) is 6.92 Å². The molecule has 0 aliphatic carbocycles. The van der Waals surface area contributed by atoms with Gasteiger partial charge in [-0.1, -0.05) is 5.18 Å². The molecular weight excluding hydrogens is 184 g/mol. The minimum Gasteiger partial charge on any atom is -0.297 e. The Hall–Kier alpha value is -1.91. The molecule has 0 saturated heterocycles. The summed E-state index contributed by atoms with van der Waals surface area (Å²) in [5, 5.41) is 2.49. The topological polar surface area (TPSA) is 76.5 Å². The van der Waals surface area contributed by atoms with Crippen LogP contribution < -0.4 is 0 Å². The molecule has 0 aromatic carbocycles. The molecule has 0 N–H and O–H groups in total. The Kier molecular flexibility index (Phi) is 3.17. The first-order chi connectivity index (χ1) is 6.66. The molecule has 5 heteroatoms. The first-order valence-corrected chi connectivity index (χ1v) is 3.94. The van der Waals surface area contributed by atoms with Crippen LogP contribution in [-0.2, 0) is 4.79 Å². The van der Waals surface area contributed by atoms with Crippen LogP contribution in [-0.4, -0.2) is 22.6 Å². The Morgan fingerprint density at radius 2 is 1.93 bits per heavy atom. The van der Waals surface area contributed by atoms with Crippen molar-refractivity contribution in [3.63, 3.8) is 0 Å². The molecule has 1 unspecified atom stereocenters. The van der Waals surface area contributed by atoms with Crippen LogP contribution in [0.5, 0.6) is 0 Å². The molecule has 1 rings (SSSR count). The highest BCUT2D eigenvalue weighted by molar-refractivity contribution is 6.13. The quantitative estimate of drug-likeness (QED) is 0.405. The number of Topliss-reactive ketones (excluding diaryl/α,β-unsaturated/α-hetero) is 2. The van der Waals surface area contributed by atoms with Gasteiger partial charge in [-0.3, -0.25) is 14.6 Å². The SMILES string of the molecule is CC(=O)C(N=O)C(=O)c1ccncc1. The summed E-state index contributed by atoms with van der Waals surface area (Å²) >= 11 is 0. The Balaban J connectivity index is 2.95. The lowest BCUT2D eigenvalue weighted by Gasteiger charge is -2.02. The van der Waals surface area contributed by atoms with E-state index >= 15 is 0 Å². The summed E-state index contributed by atoms with van der Waals surface area (Å²) in [5.74, 6) is -1.14.